The molecule has 0 saturated heterocycles. The van der Waals surface area contributed by atoms with Gasteiger partial charge in [-0.2, -0.15) is 0 Å². The first-order valence-electron chi connectivity index (χ1n) is 3.84. The Bertz CT molecular complexity index is 464. The van der Waals surface area contributed by atoms with E-state index < -0.39 is 0 Å². The van der Waals surface area contributed by atoms with Gasteiger partial charge in [-0.3, -0.25) is 0 Å². The van der Waals surface area contributed by atoms with Crippen LogP contribution >= 0.6 is 34.8 Å². The monoisotopic (exact) mass is 246 g/mol. The van der Waals surface area contributed by atoms with E-state index >= 15 is 0 Å². The van der Waals surface area contributed by atoms with Crippen LogP contribution in [0.5, 0.6) is 0 Å². The van der Waals surface area contributed by atoms with Gasteiger partial charge in [0.1, 0.15) is 9.52 Å². The van der Waals surface area contributed by atoms with E-state index in [4.69, 9.17) is 34.8 Å². The minimum atomic E-state index is 0.00530. The van der Waals surface area contributed by atoms with Crippen LogP contribution < -0.4 is 0 Å². The summed E-state index contributed by atoms with van der Waals surface area (Å²) >= 11 is 16.9. The highest BCUT2D eigenvalue weighted by atomic mass is 35.5. The van der Waals surface area contributed by atoms with Crippen LogP contribution in [-0.2, 0) is 0 Å². The number of nitrogens with one attached hydrogen (secondary N) is 1. The second-order valence-electron chi connectivity index (χ2n) is 2.68. The predicted molar refractivity (Wildman–Crippen MR) is 60.6 cm³/mol. The van der Waals surface area contributed by atoms with Crippen molar-refractivity contribution >= 4 is 50.9 Å². The molecule has 0 radical (unpaired) electrons. The lowest BCUT2D eigenvalue weighted by Crippen LogP contribution is -1.79. The van der Waals surface area contributed by atoms with E-state index in [0.29, 0.717) is 5.82 Å². The molecule has 0 fully saturated rings. The maximum atomic E-state index is 5.83. The smallest absolute Gasteiger partial charge is 0.152 e. The molecule has 0 aliphatic rings. The molecule has 5 heteroatoms. The van der Waals surface area contributed by atoms with Gasteiger partial charge in [0.15, 0.2) is 5.82 Å². The van der Waals surface area contributed by atoms with Crippen LogP contribution in [0.3, 0.4) is 0 Å². The van der Waals surface area contributed by atoms with Crippen molar-refractivity contribution in [3.05, 3.63) is 34.6 Å². The Morgan fingerprint density at radius 3 is 2.50 bits per heavy atom. The fourth-order valence-corrected chi connectivity index (χ4v) is 1.41. The number of nitrogens with zero attached hydrogens (tertiary/aromatic N) is 1. The van der Waals surface area contributed by atoms with Crippen LogP contribution in [0.25, 0.3) is 16.1 Å². The van der Waals surface area contributed by atoms with Crippen molar-refractivity contribution in [2.75, 3.05) is 0 Å². The van der Waals surface area contributed by atoms with Crippen molar-refractivity contribution in [3.8, 4) is 0 Å². The lowest BCUT2D eigenvalue weighted by Gasteiger charge is -1.90. The fourth-order valence-electron chi connectivity index (χ4n) is 1.15. The lowest BCUT2D eigenvalue weighted by atomic mass is 10.3. The Balaban J connectivity index is 2.61. The zero-order valence-corrected chi connectivity index (χ0v) is 9.16. The van der Waals surface area contributed by atoms with Gasteiger partial charge in [0.2, 0.25) is 0 Å². The van der Waals surface area contributed by atoms with Crippen LogP contribution in [-0.4, -0.2) is 9.97 Å². The van der Waals surface area contributed by atoms with Gasteiger partial charge in [-0.25, -0.2) is 4.98 Å². The molecule has 0 amide bonds. The molecule has 1 aromatic heterocycles. The van der Waals surface area contributed by atoms with E-state index in [9.17, 15) is 0 Å². The first kappa shape index (κ1) is 9.84. The summed E-state index contributed by atoms with van der Waals surface area (Å²) in [6, 6.07) is 7.58. The second-order valence-corrected chi connectivity index (χ2v) is 4.00. The molecule has 0 aliphatic carbocycles. The third kappa shape index (κ3) is 1.73. The summed E-state index contributed by atoms with van der Waals surface area (Å²) < 4.78 is 0.00530. The zero-order valence-electron chi connectivity index (χ0n) is 6.89. The van der Waals surface area contributed by atoms with Gasteiger partial charge < -0.3 is 4.98 Å². The summed E-state index contributed by atoms with van der Waals surface area (Å²) in [5.41, 5.74) is 1.73. The highest BCUT2D eigenvalue weighted by molar-refractivity contribution is 6.66. The lowest BCUT2D eigenvalue weighted by molar-refractivity contribution is 1.28. The van der Waals surface area contributed by atoms with Crippen LogP contribution in [0.2, 0.25) is 0 Å². The van der Waals surface area contributed by atoms with Gasteiger partial charge in [0, 0.05) is 0 Å². The number of aromatic nitrogens is 2. The van der Waals surface area contributed by atoms with E-state index in [0.717, 1.165) is 11.0 Å². The third-order valence-corrected chi connectivity index (χ3v) is 2.70. The summed E-state index contributed by atoms with van der Waals surface area (Å²) in [4.78, 5) is 7.23. The van der Waals surface area contributed by atoms with Gasteiger partial charge in [-0.1, -0.05) is 46.9 Å². The van der Waals surface area contributed by atoms with Gasteiger partial charge in [0.05, 0.1) is 11.0 Å². The first-order valence-corrected chi connectivity index (χ1v) is 4.98. The summed E-state index contributed by atoms with van der Waals surface area (Å²) in [5.74, 6) is 0.480. The Kier molecular flexibility index (Phi) is 2.68. The van der Waals surface area contributed by atoms with Crippen molar-refractivity contribution in [1.82, 2.24) is 9.97 Å². The molecule has 2 rings (SSSR count). The molecular weight excluding hydrogens is 242 g/mol. The molecule has 0 saturated carbocycles. The highest BCUT2D eigenvalue weighted by Crippen LogP contribution is 2.27. The quantitative estimate of drug-likeness (QED) is 0.813. The molecular formula is C9H5Cl3N2. The predicted octanol–water partition coefficient (Wildman–Crippen LogP) is 3.91. The molecule has 0 atom stereocenters. The number of aromatic amines is 1. The van der Waals surface area contributed by atoms with Gasteiger partial charge in [0.25, 0.3) is 0 Å². The van der Waals surface area contributed by atoms with Crippen molar-refractivity contribution in [1.29, 1.82) is 0 Å². The summed E-state index contributed by atoms with van der Waals surface area (Å²) in [6.07, 6.45) is 0. The molecule has 1 aromatic carbocycles. The van der Waals surface area contributed by atoms with Crippen molar-refractivity contribution in [3.63, 3.8) is 0 Å². The van der Waals surface area contributed by atoms with Crippen LogP contribution in [0.1, 0.15) is 5.82 Å². The Morgan fingerprint density at radius 2 is 1.86 bits per heavy atom. The second kappa shape index (κ2) is 3.81. The normalized spacial score (nSPS) is 10.5. The SMILES string of the molecule is ClC(Cl)=C(Cl)c1nc2ccccc2[nH]1. The standard InChI is InChI=1S/C9H5Cl3N2/c10-7(8(11)12)9-13-5-3-1-2-4-6(5)14-9/h1-4H,(H,13,14). The van der Waals surface area contributed by atoms with Crippen LogP contribution in [0, 0.1) is 0 Å². The highest BCUT2D eigenvalue weighted by Gasteiger charge is 2.08. The van der Waals surface area contributed by atoms with E-state index in [-0.39, 0.29) is 9.52 Å². The molecule has 1 heterocycles. The Morgan fingerprint density at radius 1 is 1.14 bits per heavy atom. The van der Waals surface area contributed by atoms with E-state index in [2.05, 4.69) is 9.97 Å². The largest absolute Gasteiger partial charge is 0.337 e. The van der Waals surface area contributed by atoms with Gasteiger partial charge in [-0.15, -0.1) is 0 Å². The molecule has 0 spiro atoms. The number of hydrogen-bond acceptors (Lipinski definition) is 1. The summed E-state index contributed by atoms with van der Waals surface area (Å²) in [7, 11) is 0. The Hall–Kier alpha value is -0.700. The molecule has 0 bridgehead atoms. The fraction of sp³-hybridized carbons (Fsp3) is 0. The number of hydrogen-bond donors (Lipinski definition) is 1. The average Bonchev–Trinajstić information content (AvgIpc) is 2.59. The Labute approximate surface area is 95.5 Å². The molecule has 2 nitrogen and oxygen atoms in total. The van der Waals surface area contributed by atoms with Crippen molar-refractivity contribution in [2.24, 2.45) is 0 Å². The van der Waals surface area contributed by atoms with E-state index in [1.165, 1.54) is 0 Å². The van der Waals surface area contributed by atoms with Crippen LogP contribution in [0.4, 0.5) is 0 Å². The maximum absolute atomic E-state index is 5.83. The van der Waals surface area contributed by atoms with Crippen LogP contribution in [0.15, 0.2) is 28.8 Å². The molecule has 1 N–H and O–H groups in total. The van der Waals surface area contributed by atoms with Crippen molar-refractivity contribution in [2.45, 2.75) is 0 Å². The van der Waals surface area contributed by atoms with Crippen molar-refractivity contribution < 1.29 is 0 Å². The maximum Gasteiger partial charge on any atom is 0.152 e. The molecule has 14 heavy (non-hydrogen) atoms. The van der Waals surface area contributed by atoms with Gasteiger partial charge >= 0.3 is 0 Å². The molecule has 0 aliphatic heterocycles. The number of H-pyrrole nitrogens is 1. The molecule has 0 unspecified atom stereocenters. The average molecular weight is 248 g/mol. The number of benzene rings is 1. The number of para-hydroxylation sites is 2. The first-order chi connectivity index (χ1) is 6.68. The molecule has 72 valence electrons. The zero-order chi connectivity index (χ0) is 10.1. The van der Waals surface area contributed by atoms with Gasteiger partial charge in [-0.05, 0) is 12.1 Å². The number of rotatable bonds is 1. The van der Waals surface area contributed by atoms with E-state index in [1.54, 1.807) is 0 Å². The minimum absolute atomic E-state index is 0.00530. The number of halogens is 3. The minimum Gasteiger partial charge on any atom is -0.337 e. The molecule has 2 aromatic rings. The summed E-state index contributed by atoms with van der Waals surface area (Å²) in [6.45, 7) is 0. The summed E-state index contributed by atoms with van der Waals surface area (Å²) in [5, 5.41) is 0.226. The number of fused-ring (bicyclic) bond motifs is 1. The number of imidazole rings is 1. The van der Waals surface area contributed by atoms with E-state index in [1.807, 2.05) is 24.3 Å². The topological polar surface area (TPSA) is 28.7 Å². The third-order valence-electron chi connectivity index (χ3n) is 1.76.